The number of nitrogens with zero attached hydrogens (tertiary/aromatic N) is 2. The van der Waals surface area contributed by atoms with Gasteiger partial charge in [-0.2, -0.15) is 0 Å². The number of para-hydroxylation sites is 1. The molecule has 2 heterocycles. The number of hydrogen-bond acceptors (Lipinski definition) is 1. The summed E-state index contributed by atoms with van der Waals surface area (Å²) < 4.78 is 2.40. The molecular formula is C13H16N2. The topological polar surface area (TPSA) is 17.8 Å². The summed E-state index contributed by atoms with van der Waals surface area (Å²) in [6.07, 6.45) is 4.82. The van der Waals surface area contributed by atoms with Gasteiger partial charge in [-0.3, -0.25) is 0 Å². The van der Waals surface area contributed by atoms with Gasteiger partial charge in [0, 0.05) is 13.0 Å². The Morgan fingerprint density at radius 2 is 2.27 bits per heavy atom. The van der Waals surface area contributed by atoms with Crippen molar-refractivity contribution in [1.29, 1.82) is 0 Å². The van der Waals surface area contributed by atoms with Crippen LogP contribution in [0.5, 0.6) is 0 Å². The Kier molecular flexibility index (Phi) is 2.01. The van der Waals surface area contributed by atoms with Gasteiger partial charge in [0.15, 0.2) is 0 Å². The molecule has 0 aliphatic carbocycles. The fraction of sp³-hybridized carbons (Fsp3) is 0.462. The zero-order chi connectivity index (χ0) is 10.3. The van der Waals surface area contributed by atoms with Crippen molar-refractivity contribution in [3.8, 4) is 0 Å². The van der Waals surface area contributed by atoms with Crippen LogP contribution in [0.25, 0.3) is 11.0 Å². The molecule has 1 aromatic carbocycles. The highest BCUT2D eigenvalue weighted by molar-refractivity contribution is 5.79. The number of aryl methyl sites for hydroxylation is 3. The predicted octanol–water partition coefficient (Wildman–Crippen LogP) is 2.94. The lowest BCUT2D eigenvalue weighted by molar-refractivity contribution is 0.533. The highest BCUT2D eigenvalue weighted by Gasteiger charge is 2.15. The molecule has 15 heavy (non-hydrogen) atoms. The van der Waals surface area contributed by atoms with Gasteiger partial charge < -0.3 is 4.57 Å². The molecule has 3 rings (SSSR count). The fourth-order valence-corrected chi connectivity index (χ4v) is 2.53. The molecule has 0 unspecified atom stereocenters. The summed E-state index contributed by atoms with van der Waals surface area (Å²) in [5.41, 5.74) is 3.95. The van der Waals surface area contributed by atoms with Crippen molar-refractivity contribution in [2.24, 2.45) is 0 Å². The van der Waals surface area contributed by atoms with Crippen LogP contribution in [0.1, 0.15) is 31.2 Å². The lowest BCUT2D eigenvalue weighted by atomic mass is 10.1. The fourth-order valence-electron chi connectivity index (χ4n) is 2.53. The normalized spacial score (nSPS) is 15.5. The molecule has 0 atom stereocenters. The molecule has 2 heteroatoms. The Morgan fingerprint density at radius 3 is 3.13 bits per heavy atom. The van der Waals surface area contributed by atoms with E-state index in [9.17, 15) is 0 Å². The van der Waals surface area contributed by atoms with Crippen LogP contribution in [0.15, 0.2) is 18.2 Å². The average Bonchev–Trinajstić information content (AvgIpc) is 2.67. The lowest BCUT2D eigenvalue weighted by Crippen LogP contribution is -2.09. The van der Waals surface area contributed by atoms with Crippen LogP contribution in [-0.4, -0.2) is 9.55 Å². The third kappa shape index (κ3) is 1.28. The summed E-state index contributed by atoms with van der Waals surface area (Å²) in [5, 5.41) is 0. The molecule has 1 aliphatic heterocycles. The Morgan fingerprint density at radius 1 is 1.33 bits per heavy atom. The molecule has 1 aliphatic rings. The van der Waals surface area contributed by atoms with Crippen molar-refractivity contribution in [2.75, 3.05) is 0 Å². The molecule has 0 amide bonds. The van der Waals surface area contributed by atoms with Crippen molar-refractivity contribution >= 4 is 11.0 Å². The van der Waals surface area contributed by atoms with Crippen LogP contribution in [0, 0.1) is 0 Å². The molecule has 0 saturated carbocycles. The summed E-state index contributed by atoms with van der Waals surface area (Å²) in [5.74, 6) is 1.29. The third-order valence-electron chi connectivity index (χ3n) is 3.35. The monoisotopic (exact) mass is 200 g/mol. The SMILES string of the molecule is CCc1cccc2c1nc1n2CCCC1. The van der Waals surface area contributed by atoms with Crippen molar-refractivity contribution in [1.82, 2.24) is 9.55 Å². The number of benzene rings is 1. The predicted molar refractivity (Wildman–Crippen MR) is 62.0 cm³/mol. The number of rotatable bonds is 1. The van der Waals surface area contributed by atoms with Crippen molar-refractivity contribution in [3.63, 3.8) is 0 Å². The number of fused-ring (bicyclic) bond motifs is 3. The first-order valence-corrected chi connectivity index (χ1v) is 5.87. The summed E-state index contributed by atoms with van der Waals surface area (Å²) >= 11 is 0. The highest BCUT2D eigenvalue weighted by atomic mass is 15.1. The first-order chi connectivity index (χ1) is 7.40. The van der Waals surface area contributed by atoms with Crippen LogP contribution >= 0.6 is 0 Å². The number of aromatic nitrogens is 2. The van der Waals surface area contributed by atoms with E-state index in [1.165, 1.54) is 35.3 Å². The standard InChI is InChI=1S/C13H16N2/c1-2-10-6-5-7-11-13(10)14-12-8-3-4-9-15(11)12/h5-7H,2-4,8-9H2,1H3. The quantitative estimate of drug-likeness (QED) is 0.692. The van der Waals surface area contributed by atoms with Gasteiger partial charge >= 0.3 is 0 Å². The maximum Gasteiger partial charge on any atom is 0.109 e. The van der Waals surface area contributed by atoms with Gasteiger partial charge in [0.1, 0.15) is 5.82 Å². The van der Waals surface area contributed by atoms with E-state index in [0.717, 1.165) is 19.4 Å². The van der Waals surface area contributed by atoms with Crippen LogP contribution in [0.3, 0.4) is 0 Å². The molecule has 0 fully saturated rings. The molecule has 2 nitrogen and oxygen atoms in total. The minimum Gasteiger partial charge on any atom is -0.328 e. The van der Waals surface area contributed by atoms with Crippen LogP contribution in [0.2, 0.25) is 0 Å². The van der Waals surface area contributed by atoms with Crippen LogP contribution in [-0.2, 0) is 19.4 Å². The minimum absolute atomic E-state index is 1.08. The molecular weight excluding hydrogens is 184 g/mol. The maximum absolute atomic E-state index is 4.79. The lowest BCUT2D eigenvalue weighted by Gasteiger charge is -2.13. The van der Waals surface area contributed by atoms with Gasteiger partial charge in [0.2, 0.25) is 0 Å². The average molecular weight is 200 g/mol. The van der Waals surface area contributed by atoms with Gasteiger partial charge in [-0.1, -0.05) is 19.1 Å². The molecule has 1 aromatic heterocycles. The van der Waals surface area contributed by atoms with Gasteiger partial charge in [-0.25, -0.2) is 4.98 Å². The second-order valence-electron chi connectivity index (χ2n) is 4.28. The third-order valence-corrected chi connectivity index (χ3v) is 3.35. The minimum atomic E-state index is 1.08. The van der Waals surface area contributed by atoms with Crippen molar-refractivity contribution < 1.29 is 0 Å². The maximum atomic E-state index is 4.79. The number of hydrogen-bond donors (Lipinski definition) is 0. The molecule has 0 saturated heterocycles. The Balaban J connectivity index is 2.31. The first-order valence-electron chi connectivity index (χ1n) is 5.87. The smallest absolute Gasteiger partial charge is 0.109 e. The molecule has 0 radical (unpaired) electrons. The van der Waals surface area contributed by atoms with Gasteiger partial charge in [0.25, 0.3) is 0 Å². The Labute approximate surface area is 89.9 Å². The van der Waals surface area contributed by atoms with Crippen LogP contribution < -0.4 is 0 Å². The van der Waals surface area contributed by atoms with Crippen molar-refractivity contribution in [2.45, 2.75) is 39.2 Å². The van der Waals surface area contributed by atoms with Gasteiger partial charge in [-0.05, 0) is 30.9 Å². The first kappa shape index (κ1) is 8.96. The summed E-state index contributed by atoms with van der Waals surface area (Å²) in [7, 11) is 0. The molecule has 2 aromatic rings. The van der Waals surface area contributed by atoms with E-state index in [2.05, 4.69) is 29.7 Å². The van der Waals surface area contributed by atoms with Crippen molar-refractivity contribution in [3.05, 3.63) is 29.6 Å². The van der Waals surface area contributed by atoms with E-state index in [1.54, 1.807) is 0 Å². The summed E-state index contributed by atoms with van der Waals surface area (Å²) in [6.45, 7) is 3.35. The van der Waals surface area contributed by atoms with E-state index < -0.39 is 0 Å². The molecule has 0 spiro atoms. The Hall–Kier alpha value is -1.31. The van der Waals surface area contributed by atoms with E-state index >= 15 is 0 Å². The molecule has 78 valence electrons. The largest absolute Gasteiger partial charge is 0.328 e. The van der Waals surface area contributed by atoms with E-state index in [-0.39, 0.29) is 0 Å². The second-order valence-corrected chi connectivity index (χ2v) is 4.28. The van der Waals surface area contributed by atoms with E-state index in [0.29, 0.717) is 0 Å². The second kappa shape index (κ2) is 3.37. The Bertz CT molecular complexity index is 496. The van der Waals surface area contributed by atoms with Crippen LogP contribution in [0.4, 0.5) is 0 Å². The van der Waals surface area contributed by atoms with Gasteiger partial charge in [0.05, 0.1) is 11.0 Å². The van der Waals surface area contributed by atoms with E-state index in [1.807, 2.05) is 0 Å². The molecule has 0 N–H and O–H groups in total. The molecule has 0 bridgehead atoms. The zero-order valence-electron chi connectivity index (χ0n) is 9.16. The summed E-state index contributed by atoms with van der Waals surface area (Å²) in [4.78, 5) is 4.79. The zero-order valence-corrected chi connectivity index (χ0v) is 9.16. The summed E-state index contributed by atoms with van der Waals surface area (Å²) in [6, 6.07) is 6.56. The highest BCUT2D eigenvalue weighted by Crippen LogP contribution is 2.24. The number of imidazole rings is 1. The van der Waals surface area contributed by atoms with Gasteiger partial charge in [-0.15, -0.1) is 0 Å². The van der Waals surface area contributed by atoms with E-state index in [4.69, 9.17) is 4.98 Å².